The van der Waals surface area contributed by atoms with Crippen LogP contribution >= 0.6 is 0 Å². The molecule has 0 bridgehead atoms. The number of aliphatic hydroxyl groups is 2. The minimum absolute atomic E-state index is 0.0482. The first-order valence-electron chi connectivity index (χ1n) is 30.9. The Balaban J connectivity index is 2.74. The third-order valence-corrected chi connectivity index (χ3v) is 13.3. The molecular formula is C67H108O12. The van der Waals surface area contributed by atoms with Crippen molar-refractivity contribution in [3.63, 3.8) is 0 Å². The molecule has 0 spiro atoms. The van der Waals surface area contributed by atoms with Crippen molar-refractivity contribution >= 4 is 23.9 Å². The Morgan fingerprint density at radius 1 is 0.430 bits per heavy atom. The van der Waals surface area contributed by atoms with E-state index >= 15 is 0 Å². The SMILES string of the molecule is CC/C=C\C/C=C\C/C=C\C/C=C\C/C=C\CCCC(=O)OCC(COC1OC(C(=O)O)C(O)C(O)C1OC(=O)CCCCCCCCCCCCCCCCCCC)OC(=O)CCCC/C=C\C/C=C\C/C=C\C/C=C\CC. The Kier molecular flexibility index (Phi) is 49.5. The van der Waals surface area contributed by atoms with E-state index in [-0.39, 0.29) is 25.9 Å². The molecule has 0 aromatic carbocycles. The fraction of sp³-hybridized carbons (Fsp3) is 0.672. The van der Waals surface area contributed by atoms with Gasteiger partial charge in [-0.1, -0.05) is 233 Å². The molecule has 0 amide bonds. The maximum absolute atomic E-state index is 13.1. The van der Waals surface area contributed by atoms with Crippen molar-refractivity contribution in [2.75, 3.05) is 13.2 Å². The molecule has 1 rings (SSSR count). The lowest BCUT2D eigenvalue weighted by atomic mass is 9.98. The normalized spacial score (nSPS) is 18.6. The maximum Gasteiger partial charge on any atom is 0.335 e. The highest BCUT2D eigenvalue weighted by Gasteiger charge is 2.50. The van der Waals surface area contributed by atoms with Gasteiger partial charge in [0.15, 0.2) is 24.6 Å². The Morgan fingerprint density at radius 2 is 0.810 bits per heavy atom. The van der Waals surface area contributed by atoms with Gasteiger partial charge in [0.25, 0.3) is 0 Å². The Labute approximate surface area is 478 Å². The van der Waals surface area contributed by atoms with Crippen LogP contribution in [0.2, 0.25) is 0 Å². The summed E-state index contributed by atoms with van der Waals surface area (Å²) in [5, 5.41) is 31.5. The first kappa shape index (κ1) is 72.4. The van der Waals surface area contributed by atoms with Gasteiger partial charge in [-0.3, -0.25) is 14.4 Å². The largest absolute Gasteiger partial charge is 0.479 e. The minimum atomic E-state index is -1.92. The highest BCUT2D eigenvalue weighted by Crippen LogP contribution is 2.26. The molecule has 6 unspecified atom stereocenters. The van der Waals surface area contributed by atoms with Gasteiger partial charge >= 0.3 is 23.9 Å². The molecular weight excluding hydrogens is 997 g/mol. The standard InChI is InChI=1S/C67H108O12/c1-4-7-10-13-16-19-22-25-28-30-33-35-38-41-44-47-50-53-59(68)75-56-58(77-60(69)54-51-48-45-42-39-36-32-27-24-21-18-15-12-9-6-3)57-76-67-65(63(72)62(71)64(79-67)66(73)74)78-61(70)55-52-49-46-43-40-37-34-31-29-26-23-20-17-14-11-8-5-2/h7,9-10,12,16,18-19,21,25,27-28,32-33,35,39,41-42,44,58,62-65,67,71-72H,4-6,8,11,13-15,17,20,22-24,26,29-31,34,36-38,40,43,45-57H2,1-3H3,(H,73,74)/b10-7-,12-9-,19-16-,21-18-,28-25-,32-27-,35-33-,42-39-,44-41-. The van der Waals surface area contributed by atoms with Crippen molar-refractivity contribution in [1.82, 2.24) is 0 Å². The zero-order valence-corrected chi connectivity index (χ0v) is 49.3. The van der Waals surface area contributed by atoms with E-state index in [1.165, 1.54) is 77.0 Å². The van der Waals surface area contributed by atoms with Crippen molar-refractivity contribution in [2.24, 2.45) is 0 Å². The zero-order chi connectivity index (χ0) is 57.5. The molecule has 448 valence electrons. The van der Waals surface area contributed by atoms with E-state index in [1.807, 2.05) is 6.08 Å². The lowest BCUT2D eigenvalue weighted by Gasteiger charge is -2.40. The summed E-state index contributed by atoms with van der Waals surface area (Å²) >= 11 is 0. The maximum atomic E-state index is 13.1. The number of carbonyl (C=O) groups excluding carboxylic acids is 3. The molecule has 1 heterocycles. The van der Waals surface area contributed by atoms with Crippen molar-refractivity contribution in [2.45, 2.75) is 276 Å². The fourth-order valence-electron chi connectivity index (χ4n) is 8.69. The Bertz CT molecular complexity index is 1790. The third-order valence-electron chi connectivity index (χ3n) is 13.3. The average Bonchev–Trinajstić information content (AvgIpc) is 3.47. The molecule has 12 heteroatoms. The van der Waals surface area contributed by atoms with E-state index in [4.69, 9.17) is 23.7 Å². The number of allylic oxidation sites excluding steroid dienone is 18. The molecule has 0 radical (unpaired) electrons. The number of carboxylic acids is 1. The number of aliphatic carboxylic acids is 1. The van der Waals surface area contributed by atoms with E-state index < -0.39 is 67.3 Å². The second kappa shape index (κ2) is 54.0. The van der Waals surface area contributed by atoms with Crippen LogP contribution in [0.25, 0.3) is 0 Å². The fourth-order valence-corrected chi connectivity index (χ4v) is 8.69. The van der Waals surface area contributed by atoms with Crippen LogP contribution < -0.4 is 0 Å². The van der Waals surface area contributed by atoms with Gasteiger partial charge in [-0.05, 0) is 96.3 Å². The quantitative estimate of drug-likeness (QED) is 0.0228. The van der Waals surface area contributed by atoms with Gasteiger partial charge in [0.2, 0.25) is 0 Å². The number of hydrogen-bond donors (Lipinski definition) is 3. The van der Waals surface area contributed by atoms with Gasteiger partial charge in [-0.25, -0.2) is 4.79 Å². The first-order chi connectivity index (χ1) is 38.6. The molecule has 79 heavy (non-hydrogen) atoms. The molecule has 0 saturated carbocycles. The van der Waals surface area contributed by atoms with Crippen LogP contribution in [0.3, 0.4) is 0 Å². The summed E-state index contributed by atoms with van der Waals surface area (Å²) in [5.74, 6) is -3.26. The number of rotatable bonds is 51. The van der Waals surface area contributed by atoms with Crippen LogP contribution in [0.5, 0.6) is 0 Å². The topological polar surface area (TPSA) is 175 Å². The molecule has 12 nitrogen and oxygen atoms in total. The summed E-state index contributed by atoms with van der Waals surface area (Å²) in [7, 11) is 0. The average molecular weight is 1110 g/mol. The second-order valence-electron chi connectivity index (χ2n) is 20.6. The van der Waals surface area contributed by atoms with Crippen LogP contribution in [0.15, 0.2) is 109 Å². The lowest BCUT2D eigenvalue weighted by molar-refractivity contribution is -0.301. The number of hydrogen-bond acceptors (Lipinski definition) is 11. The molecule has 0 aromatic heterocycles. The predicted molar refractivity (Wildman–Crippen MR) is 321 cm³/mol. The molecule has 6 atom stereocenters. The summed E-state index contributed by atoms with van der Waals surface area (Å²) < 4.78 is 28.4. The molecule has 0 aromatic rings. The highest BCUT2D eigenvalue weighted by molar-refractivity contribution is 5.74. The first-order valence-corrected chi connectivity index (χ1v) is 30.9. The molecule has 0 aliphatic carbocycles. The van der Waals surface area contributed by atoms with E-state index in [2.05, 4.69) is 124 Å². The Morgan fingerprint density at radius 3 is 1.25 bits per heavy atom. The van der Waals surface area contributed by atoms with Crippen molar-refractivity contribution in [1.29, 1.82) is 0 Å². The van der Waals surface area contributed by atoms with Crippen LogP contribution in [0.4, 0.5) is 0 Å². The van der Waals surface area contributed by atoms with E-state index in [9.17, 15) is 34.5 Å². The summed E-state index contributed by atoms with van der Waals surface area (Å²) in [6.07, 6.45) is 60.6. The molecule has 1 aliphatic rings. The molecule has 1 saturated heterocycles. The van der Waals surface area contributed by atoms with Gasteiger partial charge in [-0.15, -0.1) is 0 Å². The number of carbonyl (C=O) groups is 4. The van der Waals surface area contributed by atoms with Crippen LogP contribution in [0, 0.1) is 0 Å². The van der Waals surface area contributed by atoms with Crippen molar-refractivity contribution in [3.8, 4) is 0 Å². The highest BCUT2D eigenvalue weighted by atomic mass is 16.7. The molecule has 1 aliphatic heterocycles. The summed E-state index contributed by atoms with van der Waals surface area (Å²) in [6, 6.07) is 0. The summed E-state index contributed by atoms with van der Waals surface area (Å²) in [5.41, 5.74) is 0. The van der Waals surface area contributed by atoms with Crippen molar-refractivity contribution < 1.29 is 58.2 Å². The monoisotopic (exact) mass is 1100 g/mol. The smallest absolute Gasteiger partial charge is 0.335 e. The number of ether oxygens (including phenoxy) is 5. The van der Waals surface area contributed by atoms with E-state index in [1.54, 1.807) is 0 Å². The molecule has 1 fully saturated rings. The zero-order valence-electron chi connectivity index (χ0n) is 49.3. The molecule has 3 N–H and O–H groups in total. The van der Waals surface area contributed by atoms with E-state index in [0.717, 1.165) is 96.3 Å². The van der Waals surface area contributed by atoms with Crippen LogP contribution in [0.1, 0.15) is 239 Å². The predicted octanol–water partition coefficient (Wildman–Crippen LogP) is 16.2. The minimum Gasteiger partial charge on any atom is -0.479 e. The summed E-state index contributed by atoms with van der Waals surface area (Å²) in [6.45, 7) is 5.69. The lowest BCUT2D eigenvalue weighted by Crippen LogP contribution is -2.61. The van der Waals surface area contributed by atoms with Crippen LogP contribution in [-0.4, -0.2) is 89.2 Å². The number of aliphatic hydroxyl groups excluding tert-OH is 2. The van der Waals surface area contributed by atoms with Gasteiger partial charge in [0, 0.05) is 19.3 Å². The second-order valence-corrected chi connectivity index (χ2v) is 20.6. The number of carboxylic acid groups (broad SMARTS) is 1. The van der Waals surface area contributed by atoms with E-state index in [0.29, 0.717) is 25.7 Å². The van der Waals surface area contributed by atoms with Gasteiger partial charge in [-0.2, -0.15) is 0 Å². The number of esters is 3. The van der Waals surface area contributed by atoms with Crippen molar-refractivity contribution in [3.05, 3.63) is 109 Å². The summed E-state index contributed by atoms with van der Waals surface area (Å²) in [4.78, 5) is 51.2. The van der Waals surface area contributed by atoms with Crippen LogP contribution in [-0.2, 0) is 42.9 Å². The Hall–Kier alpha value is -4.62. The van der Waals surface area contributed by atoms with Gasteiger partial charge in [0.05, 0.1) is 6.61 Å². The van der Waals surface area contributed by atoms with Gasteiger partial charge < -0.3 is 39.0 Å². The third kappa shape index (κ3) is 43.8. The number of unbranched alkanes of at least 4 members (excludes halogenated alkanes) is 19. The van der Waals surface area contributed by atoms with Gasteiger partial charge in [0.1, 0.15) is 18.8 Å².